The second kappa shape index (κ2) is 9.14. The molecule has 2 amide bonds. The van der Waals surface area contributed by atoms with Gasteiger partial charge in [0.2, 0.25) is 0 Å². The molecule has 0 atom stereocenters. The Hall–Kier alpha value is -3.26. The third kappa shape index (κ3) is 6.04. The van der Waals surface area contributed by atoms with E-state index in [1.54, 1.807) is 13.2 Å². The minimum absolute atomic E-state index is 0.0119. The van der Waals surface area contributed by atoms with Gasteiger partial charge in [0, 0.05) is 0 Å². The van der Waals surface area contributed by atoms with Crippen LogP contribution in [0.2, 0.25) is 0 Å². The van der Waals surface area contributed by atoms with E-state index in [-0.39, 0.29) is 13.2 Å². The molecule has 0 saturated heterocycles. The lowest BCUT2D eigenvalue weighted by atomic mass is 10.2. The van der Waals surface area contributed by atoms with Gasteiger partial charge in [-0.25, -0.2) is 9.86 Å². The minimum Gasteiger partial charge on any atom is -0.497 e. The van der Waals surface area contributed by atoms with Gasteiger partial charge >= 0.3 is 6.03 Å². The summed E-state index contributed by atoms with van der Waals surface area (Å²) in [5, 5.41) is 13.2. The molecule has 132 valence electrons. The largest absolute Gasteiger partial charge is 0.497 e. The molecule has 3 N–H and O–H groups in total. The van der Waals surface area contributed by atoms with Crippen LogP contribution in [0.25, 0.3) is 0 Å². The van der Waals surface area contributed by atoms with E-state index in [1.807, 2.05) is 42.5 Å². The Bertz CT molecular complexity index is 718. The van der Waals surface area contributed by atoms with E-state index in [9.17, 15) is 4.79 Å². The first-order valence-electron chi connectivity index (χ1n) is 7.41. The van der Waals surface area contributed by atoms with Gasteiger partial charge < -0.3 is 20.0 Å². The van der Waals surface area contributed by atoms with Gasteiger partial charge in [-0.3, -0.25) is 5.21 Å². The van der Waals surface area contributed by atoms with Crippen molar-refractivity contribution < 1.29 is 24.3 Å². The van der Waals surface area contributed by atoms with E-state index in [2.05, 4.69) is 5.16 Å². The smallest absolute Gasteiger partial charge is 0.338 e. The van der Waals surface area contributed by atoms with Crippen molar-refractivity contribution >= 4 is 12.2 Å². The van der Waals surface area contributed by atoms with Crippen molar-refractivity contribution in [1.82, 2.24) is 5.06 Å². The molecule has 0 aliphatic rings. The minimum atomic E-state index is -0.948. The zero-order valence-electron chi connectivity index (χ0n) is 13.7. The second-order valence-corrected chi connectivity index (χ2v) is 4.88. The van der Waals surface area contributed by atoms with Crippen LogP contribution in [-0.2, 0) is 4.84 Å². The van der Waals surface area contributed by atoms with E-state index >= 15 is 0 Å². The Kier molecular flexibility index (Phi) is 6.61. The van der Waals surface area contributed by atoms with Crippen molar-refractivity contribution in [3.8, 4) is 17.2 Å². The van der Waals surface area contributed by atoms with E-state index in [4.69, 9.17) is 25.3 Å². The number of carbonyl (C=O) groups is 1. The van der Waals surface area contributed by atoms with E-state index in [0.29, 0.717) is 16.6 Å². The summed E-state index contributed by atoms with van der Waals surface area (Å²) in [5.41, 5.74) is 5.63. The topological polar surface area (TPSA) is 107 Å². The van der Waals surface area contributed by atoms with E-state index < -0.39 is 6.03 Å². The zero-order valence-corrected chi connectivity index (χ0v) is 13.7. The van der Waals surface area contributed by atoms with E-state index in [1.165, 1.54) is 6.21 Å². The zero-order chi connectivity index (χ0) is 18.1. The number of carbonyl (C=O) groups excluding carboxylic acids is 1. The number of oxime groups is 1. The molecular weight excluding hydrogens is 326 g/mol. The maximum Gasteiger partial charge on any atom is 0.338 e. The molecule has 2 rings (SSSR count). The van der Waals surface area contributed by atoms with Gasteiger partial charge in [0.25, 0.3) is 0 Å². The molecule has 8 nitrogen and oxygen atoms in total. The second-order valence-electron chi connectivity index (χ2n) is 4.88. The number of methoxy groups -OCH3 is 1. The molecule has 25 heavy (non-hydrogen) atoms. The fraction of sp³-hybridized carbons (Fsp3) is 0.176. The highest BCUT2D eigenvalue weighted by Gasteiger charge is 2.04. The summed E-state index contributed by atoms with van der Waals surface area (Å²) < 4.78 is 10.9. The van der Waals surface area contributed by atoms with Crippen molar-refractivity contribution in [3.05, 3.63) is 54.1 Å². The van der Waals surface area contributed by atoms with Crippen LogP contribution in [0.5, 0.6) is 17.2 Å². The number of rotatable bonds is 8. The summed E-state index contributed by atoms with van der Waals surface area (Å²) in [6.45, 7) is -0.0642. The van der Waals surface area contributed by atoms with Crippen molar-refractivity contribution in [2.24, 2.45) is 10.9 Å². The SMILES string of the molecule is COc1ccc(Oc2cccc(/C=N/OCCN(O)C(N)=O)c2)cc1. The van der Waals surface area contributed by atoms with Crippen LogP contribution in [0.3, 0.4) is 0 Å². The summed E-state index contributed by atoms with van der Waals surface area (Å²) in [6.07, 6.45) is 1.49. The van der Waals surface area contributed by atoms with Gasteiger partial charge in [-0.1, -0.05) is 17.3 Å². The Morgan fingerprint density at radius 1 is 1.20 bits per heavy atom. The number of benzene rings is 2. The normalized spacial score (nSPS) is 10.5. The first kappa shape index (κ1) is 18.1. The quantitative estimate of drug-likeness (QED) is 0.331. The molecule has 0 radical (unpaired) electrons. The number of ether oxygens (including phenoxy) is 2. The predicted octanol–water partition coefficient (Wildman–Crippen LogP) is 2.61. The molecule has 0 unspecified atom stereocenters. The highest BCUT2D eigenvalue weighted by atomic mass is 16.6. The van der Waals surface area contributed by atoms with Gasteiger partial charge in [0.05, 0.1) is 19.9 Å². The lowest BCUT2D eigenvalue weighted by molar-refractivity contribution is -0.0559. The number of nitrogens with zero attached hydrogens (tertiary/aromatic N) is 2. The first-order chi connectivity index (χ1) is 12.1. The molecule has 0 heterocycles. The monoisotopic (exact) mass is 345 g/mol. The lowest BCUT2D eigenvalue weighted by Gasteiger charge is -2.09. The number of primary amides is 1. The molecule has 0 aliphatic heterocycles. The predicted molar refractivity (Wildman–Crippen MR) is 91.1 cm³/mol. The molecule has 8 heteroatoms. The molecule has 0 saturated carbocycles. The Morgan fingerprint density at radius 2 is 1.92 bits per heavy atom. The molecule has 2 aromatic carbocycles. The van der Waals surface area contributed by atoms with E-state index in [0.717, 1.165) is 11.3 Å². The number of hydroxylamine groups is 2. The maximum atomic E-state index is 10.6. The number of hydrogen-bond acceptors (Lipinski definition) is 6. The fourth-order valence-corrected chi connectivity index (χ4v) is 1.83. The average Bonchev–Trinajstić information content (AvgIpc) is 2.62. The van der Waals surface area contributed by atoms with Crippen molar-refractivity contribution in [1.29, 1.82) is 0 Å². The lowest BCUT2D eigenvalue weighted by Crippen LogP contribution is -2.34. The Morgan fingerprint density at radius 3 is 2.60 bits per heavy atom. The van der Waals surface area contributed by atoms with Crippen LogP contribution < -0.4 is 15.2 Å². The number of urea groups is 1. The van der Waals surface area contributed by atoms with Crippen LogP contribution in [0.4, 0.5) is 4.79 Å². The summed E-state index contributed by atoms with van der Waals surface area (Å²) in [7, 11) is 1.60. The highest BCUT2D eigenvalue weighted by molar-refractivity contribution is 5.79. The van der Waals surface area contributed by atoms with Crippen molar-refractivity contribution in [2.75, 3.05) is 20.3 Å². The number of amides is 2. The molecule has 0 aliphatic carbocycles. The summed E-state index contributed by atoms with van der Waals surface area (Å²) >= 11 is 0. The van der Waals surface area contributed by atoms with Crippen molar-refractivity contribution in [3.63, 3.8) is 0 Å². The summed E-state index contributed by atoms with van der Waals surface area (Å²) in [4.78, 5) is 15.5. The maximum absolute atomic E-state index is 10.6. The summed E-state index contributed by atoms with van der Waals surface area (Å²) in [6, 6.07) is 13.5. The van der Waals surface area contributed by atoms with Crippen LogP contribution in [0, 0.1) is 0 Å². The molecule has 0 bridgehead atoms. The third-order valence-corrected chi connectivity index (χ3v) is 3.08. The average molecular weight is 345 g/mol. The van der Waals surface area contributed by atoms with Gasteiger partial charge in [0.1, 0.15) is 23.9 Å². The van der Waals surface area contributed by atoms with Crippen molar-refractivity contribution in [2.45, 2.75) is 0 Å². The molecule has 2 aromatic rings. The van der Waals surface area contributed by atoms with Gasteiger partial charge in [-0.2, -0.15) is 0 Å². The number of hydrogen-bond donors (Lipinski definition) is 2. The van der Waals surface area contributed by atoms with Gasteiger partial charge in [0.15, 0.2) is 0 Å². The molecule has 0 fully saturated rings. The third-order valence-electron chi connectivity index (χ3n) is 3.08. The van der Waals surface area contributed by atoms with Crippen LogP contribution >= 0.6 is 0 Å². The molecule has 0 spiro atoms. The Balaban J connectivity index is 1.87. The highest BCUT2D eigenvalue weighted by Crippen LogP contribution is 2.24. The first-order valence-corrected chi connectivity index (χ1v) is 7.41. The Labute approximate surface area is 145 Å². The van der Waals surface area contributed by atoms with Gasteiger partial charge in [-0.05, 0) is 42.0 Å². The van der Waals surface area contributed by atoms with Gasteiger partial charge in [-0.15, -0.1) is 0 Å². The molecular formula is C17H19N3O5. The number of nitrogens with two attached hydrogens (primary N) is 1. The van der Waals surface area contributed by atoms with Crippen LogP contribution in [-0.4, -0.2) is 42.8 Å². The van der Waals surface area contributed by atoms with Crippen LogP contribution in [0.15, 0.2) is 53.7 Å². The van der Waals surface area contributed by atoms with Crippen LogP contribution in [0.1, 0.15) is 5.56 Å². The standard InChI is InChI=1S/C17H19N3O5/c1-23-14-5-7-15(8-6-14)25-16-4-2-3-13(11-16)12-19-24-10-9-20(22)17(18)21/h2-8,11-12,22H,9-10H2,1H3,(H2,18,21)/b19-12+. The molecule has 0 aromatic heterocycles. The fourth-order valence-electron chi connectivity index (χ4n) is 1.83. The summed E-state index contributed by atoms with van der Waals surface area (Å²) in [5.74, 6) is 2.08.